The van der Waals surface area contributed by atoms with E-state index in [0.29, 0.717) is 22.7 Å². The van der Waals surface area contributed by atoms with Gasteiger partial charge in [-0.1, -0.05) is 24.3 Å². The third-order valence-electron chi connectivity index (χ3n) is 5.97. The van der Waals surface area contributed by atoms with Crippen LogP contribution < -0.4 is 10.1 Å². The van der Waals surface area contributed by atoms with Gasteiger partial charge in [0.15, 0.2) is 5.65 Å². The van der Waals surface area contributed by atoms with Crippen LogP contribution in [0.1, 0.15) is 24.0 Å². The first kappa shape index (κ1) is 22.0. The van der Waals surface area contributed by atoms with E-state index < -0.39 is 0 Å². The zero-order chi connectivity index (χ0) is 23.5. The molecule has 34 heavy (non-hydrogen) atoms. The van der Waals surface area contributed by atoms with Crippen molar-refractivity contribution in [2.75, 3.05) is 27.2 Å². The quantitative estimate of drug-likeness (QED) is 0.458. The van der Waals surface area contributed by atoms with Gasteiger partial charge in [0.1, 0.15) is 35.6 Å². The molecule has 4 aromatic rings. The van der Waals surface area contributed by atoms with Gasteiger partial charge < -0.3 is 19.9 Å². The molecule has 2 aromatic carbocycles. The number of nitrogens with one attached hydrogen (secondary N) is 2. The highest BCUT2D eigenvalue weighted by Gasteiger charge is 2.18. The number of imidazole rings is 1. The van der Waals surface area contributed by atoms with E-state index in [0.717, 1.165) is 54.9 Å². The average Bonchev–Trinajstić information content (AvgIpc) is 3.30. The molecular formula is C26H27N7O. The Bertz CT molecular complexity index is 1330. The van der Waals surface area contributed by atoms with Crippen LogP contribution in [-0.2, 0) is 6.54 Å². The van der Waals surface area contributed by atoms with Crippen molar-refractivity contribution in [3.05, 3.63) is 59.9 Å². The minimum atomic E-state index is 0.129. The summed E-state index contributed by atoms with van der Waals surface area (Å²) in [6.07, 6.45) is 3.51. The van der Waals surface area contributed by atoms with E-state index in [9.17, 15) is 5.26 Å². The van der Waals surface area contributed by atoms with Crippen molar-refractivity contribution in [2.45, 2.75) is 25.5 Å². The predicted octanol–water partition coefficient (Wildman–Crippen LogP) is 3.75. The first-order valence-corrected chi connectivity index (χ1v) is 11.5. The van der Waals surface area contributed by atoms with Gasteiger partial charge in [0, 0.05) is 17.7 Å². The third-order valence-corrected chi connectivity index (χ3v) is 5.97. The number of benzene rings is 2. The van der Waals surface area contributed by atoms with Crippen molar-refractivity contribution in [1.29, 1.82) is 5.26 Å². The fraction of sp³-hybridized carbons (Fsp3) is 0.308. The number of hydrogen-bond acceptors (Lipinski definition) is 7. The van der Waals surface area contributed by atoms with E-state index in [-0.39, 0.29) is 6.10 Å². The van der Waals surface area contributed by atoms with E-state index >= 15 is 0 Å². The fourth-order valence-electron chi connectivity index (χ4n) is 4.28. The number of rotatable bonds is 6. The lowest BCUT2D eigenvalue weighted by Crippen LogP contribution is -2.34. The summed E-state index contributed by atoms with van der Waals surface area (Å²) < 4.78 is 6.13. The topological polar surface area (TPSA) is 103 Å². The molecule has 2 N–H and O–H groups in total. The number of aromatic nitrogens is 4. The van der Waals surface area contributed by atoms with Gasteiger partial charge in [-0.05, 0) is 63.8 Å². The van der Waals surface area contributed by atoms with Gasteiger partial charge in [-0.3, -0.25) is 0 Å². The molecule has 1 aliphatic rings. The minimum Gasteiger partial charge on any atom is -0.489 e. The Hall–Kier alpha value is -3.80. The molecule has 0 amide bonds. The molecule has 0 bridgehead atoms. The summed E-state index contributed by atoms with van der Waals surface area (Å²) >= 11 is 0. The Balaban J connectivity index is 1.46. The summed E-state index contributed by atoms with van der Waals surface area (Å²) in [6, 6.07) is 16.2. The van der Waals surface area contributed by atoms with E-state index in [1.807, 2.05) is 18.2 Å². The largest absolute Gasteiger partial charge is 0.489 e. The highest BCUT2D eigenvalue weighted by Crippen LogP contribution is 2.31. The van der Waals surface area contributed by atoms with E-state index in [4.69, 9.17) is 4.74 Å². The number of nitriles is 1. The second-order valence-corrected chi connectivity index (χ2v) is 8.83. The Morgan fingerprint density at radius 3 is 2.56 bits per heavy atom. The third kappa shape index (κ3) is 4.62. The molecular weight excluding hydrogens is 426 g/mol. The first-order valence-electron chi connectivity index (χ1n) is 11.5. The molecule has 1 aliphatic heterocycles. The molecule has 8 heteroatoms. The van der Waals surface area contributed by atoms with Crippen LogP contribution in [0.25, 0.3) is 33.8 Å². The van der Waals surface area contributed by atoms with Crippen LogP contribution in [0.2, 0.25) is 0 Å². The molecule has 3 heterocycles. The van der Waals surface area contributed by atoms with Gasteiger partial charge in [0.05, 0.1) is 11.3 Å². The monoisotopic (exact) mass is 453 g/mol. The molecule has 0 unspecified atom stereocenters. The van der Waals surface area contributed by atoms with Crippen molar-refractivity contribution >= 4 is 11.2 Å². The Labute approximate surface area is 198 Å². The number of nitrogens with zero attached hydrogens (tertiary/aromatic N) is 5. The second-order valence-electron chi connectivity index (χ2n) is 8.83. The Morgan fingerprint density at radius 2 is 1.82 bits per heavy atom. The molecule has 172 valence electrons. The Kier molecular flexibility index (Phi) is 6.21. The standard InChI is InChI=1S/C26H27N7O/c1-33(2)15-17-3-5-18(6-4-17)25-31-24-23(29-16-30-26(24)32-25)19-7-8-22(20(13-19)14-27)34-21-9-11-28-12-10-21/h3-8,13,16,21,28H,9-12,15H2,1-2H3,(H,29,30,31,32). The van der Waals surface area contributed by atoms with Crippen LogP contribution >= 0.6 is 0 Å². The lowest BCUT2D eigenvalue weighted by atomic mass is 10.1. The highest BCUT2D eigenvalue weighted by molar-refractivity contribution is 5.89. The van der Waals surface area contributed by atoms with Crippen molar-refractivity contribution in [3.8, 4) is 34.5 Å². The molecule has 0 aliphatic carbocycles. The molecule has 1 saturated heterocycles. The van der Waals surface area contributed by atoms with Crippen LogP contribution in [0.4, 0.5) is 0 Å². The summed E-state index contributed by atoms with van der Waals surface area (Å²) in [5, 5.41) is 13.1. The molecule has 1 fully saturated rings. The van der Waals surface area contributed by atoms with E-state index in [2.05, 4.69) is 74.6 Å². The number of fused-ring (bicyclic) bond motifs is 1. The zero-order valence-electron chi connectivity index (χ0n) is 19.4. The summed E-state index contributed by atoms with van der Waals surface area (Å²) in [5.41, 5.74) is 5.57. The van der Waals surface area contributed by atoms with Gasteiger partial charge >= 0.3 is 0 Å². The van der Waals surface area contributed by atoms with Crippen LogP contribution in [0.15, 0.2) is 48.8 Å². The molecule has 0 spiro atoms. The number of hydrogen-bond donors (Lipinski definition) is 2. The van der Waals surface area contributed by atoms with Crippen LogP contribution in [0.5, 0.6) is 5.75 Å². The van der Waals surface area contributed by atoms with E-state index in [1.54, 1.807) is 0 Å². The average molecular weight is 454 g/mol. The summed E-state index contributed by atoms with van der Waals surface area (Å²) in [4.78, 5) is 19.1. The molecule has 2 aromatic heterocycles. The van der Waals surface area contributed by atoms with Gasteiger partial charge in [0.2, 0.25) is 0 Å². The van der Waals surface area contributed by atoms with Crippen molar-refractivity contribution < 1.29 is 4.74 Å². The number of aromatic amines is 1. The maximum atomic E-state index is 9.76. The highest BCUT2D eigenvalue weighted by atomic mass is 16.5. The number of ether oxygens (including phenoxy) is 1. The lowest BCUT2D eigenvalue weighted by molar-refractivity contribution is 0.162. The maximum Gasteiger partial charge on any atom is 0.181 e. The maximum absolute atomic E-state index is 9.76. The van der Waals surface area contributed by atoms with Crippen LogP contribution in [-0.4, -0.2) is 58.1 Å². The first-order chi connectivity index (χ1) is 16.6. The Morgan fingerprint density at radius 1 is 1.06 bits per heavy atom. The van der Waals surface area contributed by atoms with Crippen molar-refractivity contribution in [2.24, 2.45) is 0 Å². The van der Waals surface area contributed by atoms with Crippen LogP contribution in [0, 0.1) is 11.3 Å². The summed E-state index contributed by atoms with van der Waals surface area (Å²) in [5.74, 6) is 1.35. The summed E-state index contributed by atoms with van der Waals surface area (Å²) in [6.45, 7) is 2.75. The van der Waals surface area contributed by atoms with Crippen molar-refractivity contribution in [1.82, 2.24) is 30.2 Å². The van der Waals surface area contributed by atoms with Crippen molar-refractivity contribution in [3.63, 3.8) is 0 Å². The zero-order valence-corrected chi connectivity index (χ0v) is 19.4. The molecule has 0 atom stereocenters. The number of H-pyrrole nitrogens is 1. The SMILES string of the molecule is CN(C)Cc1ccc(-c2nc3ncnc(-c4ccc(OC5CCNCC5)c(C#N)c4)c3[nH]2)cc1. The normalized spacial score (nSPS) is 14.4. The molecule has 5 rings (SSSR count). The summed E-state index contributed by atoms with van der Waals surface area (Å²) in [7, 11) is 4.11. The predicted molar refractivity (Wildman–Crippen MR) is 131 cm³/mol. The smallest absolute Gasteiger partial charge is 0.181 e. The van der Waals surface area contributed by atoms with Gasteiger partial charge in [-0.25, -0.2) is 15.0 Å². The second kappa shape index (κ2) is 9.59. The molecule has 0 radical (unpaired) electrons. The van der Waals surface area contributed by atoms with Crippen LogP contribution in [0.3, 0.4) is 0 Å². The molecule has 8 nitrogen and oxygen atoms in total. The van der Waals surface area contributed by atoms with Gasteiger partial charge in [-0.15, -0.1) is 0 Å². The number of piperidine rings is 1. The molecule has 0 saturated carbocycles. The lowest BCUT2D eigenvalue weighted by Gasteiger charge is -2.24. The van der Waals surface area contributed by atoms with Gasteiger partial charge in [0.25, 0.3) is 0 Å². The minimum absolute atomic E-state index is 0.129. The fourth-order valence-corrected chi connectivity index (χ4v) is 4.28. The van der Waals surface area contributed by atoms with Gasteiger partial charge in [-0.2, -0.15) is 5.26 Å². The van der Waals surface area contributed by atoms with E-state index in [1.165, 1.54) is 11.9 Å².